The Morgan fingerprint density at radius 2 is 2.07 bits per heavy atom. The maximum atomic E-state index is 10.6. The van der Waals surface area contributed by atoms with E-state index >= 15 is 0 Å². The molecule has 1 amide bonds. The van der Waals surface area contributed by atoms with Gasteiger partial charge in [0.15, 0.2) is 0 Å². The smallest absolute Gasteiger partial charge is 0.407 e. The molecule has 3 nitrogen and oxygen atoms in total. The van der Waals surface area contributed by atoms with Crippen molar-refractivity contribution in [3.63, 3.8) is 0 Å². The van der Waals surface area contributed by atoms with E-state index in [1.54, 1.807) is 7.05 Å². The summed E-state index contributed by atoms with van der Waals surface area (Å²) in [5, 5.41) is 8.71. The van der Waals surface area contributed by atoms with Gasteiger partial charge in [-0.2, -0.15) is 0 Å². The number of hydrogen-bond acceptors (Lipinski definition) is 1. The van der Waals surface area contributed by atoms with E-state index in [-0.39, 0.29) is 5.41 Å². The van der Waals surface area contributed by atoms with Crippen molar-refractivity contribution < 1.29 is 9.90 Å². The molecule has 0 aromatic heterocycles. The van der Waals surface area contributed by atoms with Crippen LogP contribution in [0.5, 0.6) is 0 Å². The lowest BCUT2D eigenvalue weighted by molar-refractivity contribution is 0.145. The Balaban J connectivity index is 4.21. The summed E-state index contributed by atoms with van der Waals surface area (Å²) < 4.78 is 0. The summed E-state index contributed by atoms with van der Waals surface area (Å²) in [6, 6.07) is 0. The SMILES string of the molecule is C#CCC(CCN(C)C(=O)O)C(C)(C)C. The van der Waals surface area contributed by atoms with Gasteiger partial charge in [-0.1, -0.05) is 20.8 Å². The van der Waals surface area contributed by atoms with E-state index in [2.05, 4.69) is 26.7 Å². The summed E-state index contributed by atoms with van der Waals surface area (Å²) in [4.78, 5) is 11.9. The highest BCUT2D eigenvalue weighted by molar-refractivity contribution is 5.64. The number of carboxylic acid groups (broad SMARTS) is 1. The maximum Gasteiger partial charge on any atom is 0.407 e. The van der Waals surface area contributed by atoms with Crippen LogP contribution >= 0.6 is 0 Å². The average Bonchev–Trinajstić information content (AvgIpc) is 2.09. The zero-order valence-corrected chi connectivity index (χ0v) is 10.1. The summed E-state index contributed by atoms with van der Waals surface area (Å²) >= 11 is 0. The predicted molar refractivity (Wildman–Crippen MR) is 61.7 cm³/mol. The van der Waals surface area contributed by atoms with Crippen molar-refractivity contribution in [2.24, 2.45) is 11.3 Å². The average molecular weight is 211 g/mol. The van der Waals surface area contributed by atoms with Crippen LogP contribution in [-0.4, -0.2) is 29.7 Å². The molecule has 1 N–H and O–H groups in total. The normalized spacial score (nSPS) is 13.0. The standard InChI is InChI=1S/C12H21NO2/c1-6-7-10(12(2,3)4)8-9-13(5)11(14)15/h1,10H,7-9H2,2-5H3,(H,14,15). The number of hydrogen-bond donors (Lipinski definition) is 1. The first kappa shape index (κ1) is 13.8. The molecular weight excluding hydrogens is 190 g/mol. The zero-order valence-electron chi connectivity index (χ0n) is 10.1. The van der Waals surface area contributed by atoms with E-state index < -0.39 is 6.09 Å². The Labute approximate surface area is 92.5 Å². The first-order valence-electron chi connectivity index (χ1n) is 5.16. The van der Waals surface area contributed by atoms with Crippen molar-refractivity contribution in [2.75, 3.05) is 13.6 Å². The third-order valence-corrected chi connectivity index (χ3v) is 2.73. The van der Waals surface area contributed by atoms with Crippen molar-refractivity contribution in [3.8, 4) is 12.3 Å². The Hall–Kier alpha value is -1.17. The Morgan fingerprint density at radius 1 is 1.53 bits per heavy atom. The van der Waals surface area contributed by atoms with E-state index in [9.17, 15) is 4.79 Å². The summed E-state index contributed by atoms with van der Waals surface area (Å²) in [5.41, 5.74) is 0.131. The zero-order chi connectivity index (χ0) is 12.1. The second-order valence-electron chi connectivity index (χ2n) is 4.96. The topological polar surface area (TPSA) is 40.5 Å². The third kappa shape index (κ3) is 5.31. The van der Waals surface area contributed by atoms with E-state index in [0.717, 1.165) is 6.42 Å². The molecule has 0 bridgehead atoms. The quantitative estimate of drug-likeness (QED) is 0.726. The van der Waals surface area contributed by atoms with Gasteiger partial charge < -0.3 is 10.0 Å². The molecule has 0 saturated heterocycles. The number of rotatable bonds is 4. The van der Waals surface area contributed by atoms with Crippen LogP contribution in [0.3, 0.4) is 0 Å². The maximum absolute atomic E-state index is 10.6. The van der Waals surface area contributed by atoms with E-state index in [1.807, 2.05) is 0 Å². The van der Waals surface area contributed by atoms with E-state index in [0.29, 0.717) is 18.9 Å². The largest absolute Gasteiger partial charge is 0.465 e. The molecule has 0 aliphatic rings. The molecular formula is C12H21NO2. The summed E-state index contributed by atoms with van der Waals surface area (Å²) in [7, 11) is 1.58. The molecule has 0 aromatic carbocycles. The van der Waals surface area contributed by atoms with E-state index in [4.69, 9.17) is 11.5 Å². The molecule has 0 fully saturated rings. The Kier molecular flexibility index (Phi) is 5.21. The molecule has 1 unspecified atom stereocenters. The molecule has 0 aromatic rings. The minimum Gasteiger partial charge on any atom is -0.465 e. The highest BCUT2D eigenvalue weighted by atomic mass is 16.4. The van der Waals surface area contributed by atoms with Gasteiger partial charge in [-0.05, 0) is 17.8 Å². The molecule has 0 radical (unpaired) electrons. The second kappa shape index (κ2) is 5.65. The van der Waals surface area contributed by atoms with Crippen LogP contribution in [0.25, 0.3) is 0 Å². The van der Waals surface area contributed by atoms with Crippen LogP contribution in [0.1, 0.15) is 33.6 Å². The van der Waals surface area contributed by atoms with Crippen molar-refractivity contribution >= 4 is 6.09 Å². The van der Waals surface area contributed by atoms with Crippen LogP contribution in [0.2, 0.25) is 0 Å². The molecule has 0 spiro atoms. The van der Waals surface area contributed by atoms with Gasteiger partial charge in [-0.25, -0.2) is 4.79 Å². The minimum atomic E-state index is -0.886. The summed E-state index contributed by atoms with van der Waals surface area (Å²) in [5.74, 6) is 3.03. The number of amides is 1. The van der Waals surface area contributed by atoms with Gasteiger partial charge in [0.1, 0.15) is 0 Å². The van der Waals surface area contributed by atoms with Gasteiger partial charge >= 0.3 is 6.09 Å². The van der Waals surface area contributed by atoms with Crippen molar-refractivity contribution in [2.45, 2.75) is 33.6 Å². The van der Waals surface area contributed by atoms with Gasteiger partial charge in [0.25, 0.3) is 0 Å². The predicted octanol–water partition coefficient (Wildman–Crippen LogP) is 2.67. The van der Waals surface area contributed by atoms with Gasteiger partial charge in [-0.15, -0.1) is 12.3 Å². The first-order valence-corrected chi connectivity index (χ1v) is 5.16. The lowest BCUT2D eigenvalue weighted by Gasteiger charge is -2.30. The molecule has 3 heteroatoms. The van der Waals surface area contributed by atoms with Gasteiger partial charge in [0.2, 0.25) is 0 Å². The molecule has 0 rings (SSSR count). The molecule has 1 atom stereocenters. The first-order chi connectivity index (χ1) is 6.79. The fourth-order valence-electron chi connectivity index (χ4n) is 1.43. The molecule has 0 saturated carbocycles. The fourth-order valence-corrected chi connectivity index (χ4v) is 1.43. The Morgan fingerprint density at radius 3 is 2.40 bits per heavy atom. The highest BCUT2D eigenvalue weighted by Gasteiger charge is 2.24. The van der Waals surface area contributed by atoms with Crippen molar-refractivity contribution in [1.82, 2.24) is 4.90 Å². The molecule has 86 valence electrons. The number of carbonyl (C=O) groups is 1. The molecule has 15 heavy (non-hydrogen) atoms. The fraction of sp³-hybridized carbons (Fsp3) is 0.750. The van der Waals surface area contributed by atoms with Crippen LogP contribution in [-0.2, 0) is 0 Å². The number of nitrogens with zero attached hydrogens (tertiary/aromatic N) is 1. The van der Waals surface area contributed by atoms with Gasteiger partial charge in [0, 0.05) is 20.0 Å². The van der Waals surface area contributed by atoms with Crippen molar-refractivity contribution in [1.29, 1.82) is 0 Å². The lowest BCUT2D eigenvalue weighted by atomic mass is 9.77. The second-order valence-corrected chi connectivity index (χ2v) is 4.96. The molecule has 0 aliphatic heterocycles. The summed E-state index contributed by atoms with van der Waals surface area (Å²) in [6.07, 6.45) is 5.95. The molecule has 0 aliphatic carbocycles. The molecule has 0 heterocycles. The highest BCUT2D eigenvalue weighted by Crippen LogP contribution is 2.31. The van der Waals surface area contributed by atoms with Gasteiger partial charge in [0.05, 0.1) is 0 Å². The Bertz CT molecular complexity index is 247. The monoisotopic (exact) mass is 211 g/mol. The van der Waals surface area contributed by atoms with Gasteiger partial charge in [-0.3, -0.25) is 0 Å². The van der Waals surface area contributed by atoms with Crippen molar-refractivity contribution in [3.05, 3.63) is 0 Å². The van der Waals surface area contributed by atoms with Crippen LogP contribution in [0.4, 0.5) is 4.79 Å². The van der Waals surface area contributed by atoms with Crippen LogP contribution in [0, 0.1) is 23.7 Å². The lowest BCUT2D eigenvalue weighted by Crippen LogP contribution is -2.30. The third-order valence-electron chi connectivity index (χ3n) is 2.73. The van der Waals surface area contributed by atoms with Crippen LogP contribution in [0.15, 0.2) is 0 Å². The number of terminal acetylenes is 1. The van der Waals surface area contributed by atoms with E-state index in [1.165, 1.54) is 4.90 Å². The summed E-state index contributed by atoms with van der Waals surface area (Å²) in [6.45, 7) is 6.94. The van der Waals surface area contributed by atoms with Crippen LogP contribution < -0.4 is 0 Å². The minimum absolute atomic E-state index is 0.131.